The number of aryl methyl sites for hydroxylation is 3. The van der Waals surface area contributed by atoms with Gasteiger partial charge in [-0.2, -0.15) is 0 Å². The number of esters is 1. The molecule has 1 saturated carbocycles. The first-order valence-electron chi connectivity index (χ1n) is 15.4. The van der Waals surface area contributed by atoms with Crippen molar-refractivity contribution in [3.8, 4) is 5.75 Å². The molecule has 37 heavy (non-hydrogen) atoms. The van der Waals surface area contributed by atoms with Crippen LogP contribution in [0.1, 0.15) is 132 Å². The van der Waals surface area contributed by atoms with Crippen LogP contribution in [0.4, 0.5) is 0 Å². The summed E-state index contributed by atoms with van der Waals surface area (Å²) in [7, 11) is 0. The van der Waals surface area contributed by atoms with Gasteiger partial charge in [0.05, 0.1) is 5.92 Å². The van der Waals surface area contributed by atoms with Crippen molar-refractivity contribution in [2.45, 2.75) is 130 Å². The van der Waals surface area contributed by atoms with Gasteiger partial charge in [0.15, 0.2) is 0 Å². The summed E-state index contributed by atoms with van der Waals surface area (Å²) in [5, 5.41) is 0. The highest BCUT2D eigenvalue weighted by molar-refractivity contribution is 5.75. The standard InChI is InChI=1S/C35H52O2/c1-5-7-9-11-14-27(3)35(36)37-34-17-13-12-16-32(34)24-20-30-21-25-33(28(4)26-30)31-22-18-29(19-23-31)15-10-8-6-2/h12-13,16-17,21,25-27,29,31H,5-11,14-15,18-20,22-24H2,1-4H3/t27?,29-,31-. The van der Waals surface area contributed by atoms with Crippen LogP contribution in [0.15, 0.2) is 42.5 Å². The van der Waals surface area contributed by atoms with E-state index in [4.69, 9.17) is 4.74 Å². The number of carbonyl (C=O) groups is 1. The first-order chi connectivity index (χ1) is 18.0. The topological polar surface area (TPSA) is 26.3 Å². The van der Waals surface area contributed by atoms with Gasteiger partial charge in [0, 0.05) is 0 Å². The predicted octanol–water partition coefficient (Wildman–Crippen LogP) is 10.1. The molecule has 0 saturated heterocycles. The Morgan fingerprint density at radius 2 is 1.62 bits per heavy atom. The maximum absolute atomic E-state index is 12.7. The third-order valence-electron chi connectivity index (χ3n) is 8.60. The van der Waals surface area contributed by atoms with Crippen molar-refractivity contribution in [1.82, 2.24) is 0 Å². The second-order valence-electron chi connectivity index (χ2n) is 11.7. The quantitative estimate of drug-likeness (QED) is 0.137. The molecule has 2 heteroatoms. The van der Waals surface area contributed by atoms with E-state index < -0.39 is 0 Å². The summed E-state index contributed by atoms with van der Waals surface area (Å²) in [6.45, 7) is 8.81. The van der Waals surface area contributed by atoms with Crippen molar-refractivity contribution in [3.63, 3.8) is 0 Å². The Morgan fingerprint density at radius 3 is 2.35 bits per heavy atom. The number of hydrogen-bond donors (Lipinski definition) is 0. The molecule has 0 aromatic heterocycles. The van der Waals surface area contributed by atoms with Gasteiger partial charge in [-0.3, -0.25) is 4.79 Å². The molecule has 3 rings (SSSR count). The third-order valence-corrected chi connectivity index (χ3v) is 8.60. The van der Waals surface area contributed by atoms with Gasteiger partial charge in [0.1, 0.15) is 5.75 Å². The molecule has 1 aliphatic carbocycles. The maximum Gasteiger partial charge on any atom is 0.314 e. The number of hydrogen-bond acceptors (Lipinski definition) is 2. The molecule has 0 bridgehead atoms. The fraction of sp³-hybridized carbons (Fsp3) is 0.629. The van der Waals surface area contributed by atoms with Gasteiger partial charge in [0.25, 0.3) is 0 Å². The highest BCUT2D eigenvalue weighted by Crippen LogP contribution is 2.39. The summed E-state index contributed by atoms with van der Waals surface area (Å²) in [4.78, 5) is 12.7. The van der Waals surface area contributed by atoms with Gasteiger partial charge >= 0.3 is 5.97 Å². The van der Waals surface area contributed by atoms with Crippen molar-refractivity contribution in [2.24, 2.45) is 11.8 Å². The van der Waals surface area contributed by atoms with Gasteiger partial charge in [-0.25, -0.2) is 0 Å². The molecule has 0 aliphatic heterocycles. The summed E-state index contributed by atoms with van der Waals surface area (Å²) in [5.74, 6) is 2.29. The molecule has 0 N–H and O–H groups in total. The van der Waals surface area contributed by atoms with Crippen LogP contribution in [0.5, 0.6) is 5.75 Å². The van der Waals surface area contributed by atoms with Crippen LogP contribution in [0.25, 0.3) is 0 Å². The Bertz CT molecular complexity index is 938. The van der Waals surface area contributed by atoms with Crippen LogP contribution >= 0.6 is 0 Å². The van der Waals surface area contributed by atoms with Gasteiger partial charge in [-0.1, -0.05) is 109 Å². The molecule has 0 amide bonds. The van der Waals surface area contributed by atoms with Crippen LogP contribution in [0.2, 0.25) is 0 Å². The monoisotopic (exact) mass is 504 g/mol. The van der Waals surface area contributed by atoms with Crippen LogP contribution in [0, 0.1) is 18.8 Å². The predicted molar refractivity (Wildman–Crippen MR) is 157 cm³/mol. The lowest BCUT2D eigenvalue weighted by atomic mass is 9.76. The zero-order valence-electron chi connectivity index (χ0n) is 24.2. The molecule has 0 heterocycles. The second-order valence-corrected chi connectivity index (χ2v) is 11.7. The second kappa shape index (κ2) is 16.0. The Balaban J connectivity index is 1.51. The largest absolute Gasteiger partial charge is 0.426 e. The lowest BCUT2D eigenvalue weighted by molar-refractivity contribution is -0.138. The fourth-order valence-electron chi connectivity index (χ4n) is 6.09. The average Bonchev–Trinajstić information content (AvgIpc) is 2.91. The van der Waals surface area contributed by atoms with E-state index in [0.717, 1.165) is 48.8 Å². The van der Waals surface area contributed by atoms with Gasteiger partial charge in [0.2, 0.25) is 0 Å². The van der Waals surface area contributed by atoms with E-state index in [1.165, 1.54) is 81.8 Å². The normalized spacial score (nSPS) is 18.5. The highest BCUT2D eigenvalue weighted by Gasteiger charge is 2.23. The molecule has 204 valence electrons. The zero-order chi connectivity index (χ0) is 26.5. The SMILES string of the molecule is CCCCCCC(C)C(=O)Oc1ccccc1CCc1ccc([C@H]2CC[C@H](CCCCC)CC2)c(C)c1. The van der Waals surface area contributed by atoms with E-state index in [-0.39, 0.29) is 11.9 Å². The molecule has 1 aliphatic rings. The highest BCUT2D eigenvalue weighted by atomic mass is 16.5. The van der Waals surface area contributed by atoms with Crippen molar-refractivity contribution >= 4 is 5.97 Å². The van der Waals surface area contributed by atoms with E-state index in [9.17, 15) is 4.79 Å². The maximum atomic E-state index is 12.7. The lowest BCUT2D eigenvalue weighted by Crippen LogP contribution is -2.18. The molecular weight excluding hydrogens is 452 g/mol. The Labute approximate surface area is 227 Å². The third kappa shape index (κ3) is 9.62. The molecule has 0 radical (unpaired) electrons. The van der Waals surface area contributed by atoms with E-state index in [1.54, 1.807) is 5.56 Å². The molecule has 2 aromatic rings. The number of carbonyl (C=O) groups excluding carboxylic acids is 1. The average molecular weight is 505 g/mol. The summed E-state index contributed by atoms with van der Waals surface area (Å²) in [6.07, 6.45) is 18.6. The van der Waals surface area contributed by atoms with Gasteiger partial charge in [-0.05, 0) is 92.0 Å². The van der Waals surface area contributed by atoms with Crippen molar-refractivity contribution < 1.29 is 9.53 Å². The number of unbranched alkanes of at least 4 members (excludes halogenated alkanes) is 5. The van der Waals surface area contributed by atoms with Crippen LogP contribution in [-0.4, -0.2) is 5.97 Å². The van der Waals surface area contributed by atoms with E-state index in [2.05, 4.69) is 45.0 Å². The number of rotatable bonds is 15. The molecule has 2 aromatic carbocycles. The Morgan fingerprint density at radius 1 is 0.892 bits per heavy atom. The van der Waals surface area contributed by atoms with Crippen LogP contribution in [0.3, 0.4) is 0 Å². The summed E-state index contributed by atoms with van der Waals surface area (Å²) < 4.78 is 5.88. The van der Waals surface area contributed by atoms with E-state index in [0.29, 0.717) is 0 Å². The lowest BCUT2D eigenvalue weighted by Gasteiger charge is -2.30. The number of benzene rings is 2. The molecule has 1 unspecified atom stereocenters. The molecule has 0 spiro atoms. The van der Waals surface area contributed by atoms with Crippen LogP contribution in [-0.2, 0) is 17.6 Å². The van der Waals surface area contributed by atoms with E-state index in [1.807, 2.05) is 25.1 Å². The molecule has 1 fully saturated rings. The summed E-state index contributed by atoms with van der Waals surface area (Å²) in [5.41, 5.74) is 5.51. The minimum absolute atomic E-state index is 0.0495. The minimum Gasteiger partial charge on any atom is -0.426 e. The van der Waals surface area contributed by atoms with Crippen molar-refractivity contribution in [1.29, 1.82) is 0 Å². The Hall–Kier alpha value is -2.09. The van der Waals surface area contributed by atoms with Crippen LogP contribution < -0.4 is 4.74 Å². The molecular formula is C35H52O2. The first-order valence-corrected chi connectivity index (χ1v) is 15.4. The molecule has 2 nitrogen and oxygen atoms in total. The minimum atomic E-state index is -0.0933. The summed E-state index contributed by atoms with van der Waals surface area (Å²) in [6, 6.07) is 15.2. The summed E-state index contributed by atoms with van der Waals surface area (Å²) >= 11 is 0. The fourth-order valence-corrected chi connectivity index (χ4v) is 6.09. The number of para-hydroxylation sites is 1. The van der Waals surface area contributed by atoms with Crippen molar-refractivity contribution in [3.05, 3.63) is 64.7 Å². The smallest absolute Gasteiger partial charge is 0.314 e. The van der Waals surface area contributed by atoms with Crippen molar-refractivity contribution in [2.75, 3.05) is 0 Å². The van der Waals surface area contributed by atoms with E-state index >= 15 is 0 Å². The zero-order valence-corrected chi connectivity index (χ0v) is 24.2. The van der Waals surface area contributed by atoms with Gasteiger partial charge in [-0.15, -0.1) is 0 Å². The van der Waals surface area contributed by atoms with Gasteiger partial charge < -0.3 is 4.74 Å². The Kier molecular flexibility index (Phi) is 12.7. The first kappa shape index (κ1) is 29.5. The number of ether oxygens (including phenoxy) is 1. The molecule has 1 atom stereocenters.